The van der Waals surface area contributed by atoms with E-state index >= 15 is 0 Å². The molecule has 0 saturated heterocycles. The Morgan fingerprint density at radius 3 is 2.86 bits per heavy atom. The summed E-state index contributed by atoms with van der Waals surface area (Å²) in [6, 6.07) is 15.7. The number of ether oxygens (including phenoxy) is 1. The number of para-hydroxylation sites is 1. The third-order valence-corrected chi connectivity index (χ3v) is 5.57. The predicted octanol–water partition coefficient (Wildman–Crippen LogP) is 3.96. The maximum absolute atomic E-state index is 12.8. The Hall–Kier alpha value is -3.06. The van der Waals surface area contributed by atoms with Crippen LogP contribution in [0.15, 0.2) is 71.1 Å². The number of allylic oxidation sites excluding steroid dienone is 1. The summed E-state index contributed by atoms with van der Waals surface area (Å²) in [5, 5.41) is 9.97. The summed E-state index contributed by atoms with van der Waals surface area (Å²) in [6.07, 6.45) is 2.67. The van der Waals surface area contributed by atoms with Crippen molar-refractivity contribution in [3.63, 3.8) is 0 Å². The minimum absolute atomic E-state index is 0.0870. The average molecular weight is 407 g/mol. The quantitative estimate of drug-likeness (QED) is 0.252. The first-order valence-corrected chi connectivity index (χ1v) is 10.5. The van der Waals surface area contributed by atoms with Crippen molar-refractivity contribution in [1.82, 2.24) is 19.2 Å². The van der Waals surface area contributed by atoms with E-state index < -0.39 is 0 Å². The van der Waals surface area contributed by atoms with Crippen molar-refractivity contribution in [2.24, 2.45) is 0 Å². The molecule has 0 amide bonds. The Bertz CT molecular complexity index is 1230. The molecule has 0 unspecified atom stereocenters. The van der Waals surface area contributed by atoms with Crippen LogP contribution in [0.5, 0.6) is 5.75 Å². The number of hydrogen-bond acceptors (Lipinski definition) is 5. The molecule has 4 rings (SSSR count). The maximum atomic E-state index is 12.8. The summed E-state index contributed by atoms with van der Waals surface area (Å²) < 4.78 is 9.41. The van der Waals surface area contributed by atoms with Gasteiger partial charge in [0.25, 0.3) is 5.56 Å². The third kappa shape index (κ3) is 3.78. The molecule has 7 heteroatoms. The minimum atomic E-state index is -0.0870. The van der Waals surface area contributed by atoms with Crippen molar-refractivity contribution >= 4 is 28.4 Å². The Labute approximate surface area is 172 Å². The predicted molar refractivity (Wildman–Crippen MR) is 117 cm³/mol. The normalized spacial score (nSPS) is 11.2. The third-order valence-electron chi connectivity index (χ3n) is 4.68. The van der Waals surface area contributed by atoms with Crippen molar-refractivity contribution in [2.45, 2.75) is 25.0 Å². The molecular formula is C22H22N4O2S. The van der Waals surface area contributed by atoms with Gasteiger partial charge in [-0.15, -0.1) is 16.8 Å². The zero-order chi connectivity index (χ0) is 20.2. The Morgan fingerprint density at radius 2 is 2.03 bits per heavy atom. The number of fused-ring (bicyclic) bond motifs is 3. The van der Waals surface area contributed by atoms with Gasteiger partial charge in [-0.2, -0.15) is 0 Å². The highest BCUT2D eigenvalue weighted by Gasteiger charge is 2.16. The van der Waals surface area contributed by atoms with Gasteiger partial charge >= 0.3 is 0 Å². The summed E-state index contributed by atoms with van der Waals surface area (Å²) in [5.41, 5.74) is 1.97. The van der Waals surface area contributed by atoms with Crippen molar-refractivity contribution in [1.29, 1.82) is 0 Å². The lowest BCUT2D eigenvalue weighted by atomic mass is 10.2. The van der Waals surface area contributed by atoms with Crippen LogP contribution in [0.25, 0.3) is 16.7 Å². The second-order valence-corrected chi connectivity index (χ2v) is 7.60. The standard InChI is InChI=1S/C22H22N4O2S/c1-3-12-25-20(27)18-10-5-6-11-19(18)26-21(25)23-24-22(26)29-14-13-28-17-9-7-8-16(4-2)15-17/h3,5-11,15H,1,4,12-14H2,2H3. The molecule has 0 spiro atoms. The Morgan fingerprint density at radius 1 is 1.17 bits per heavy atom. The molecule has 148 valence electrons. The van der Waals surface area contributed by atoms with E-state index in [0.717, 1.165) is 22.8 Å². The van der Waals surface area contributed by atoms with Gasteiger partial charge in [-0.05, 0) is 36.2 Å². The van der Waals surface area contributed by atoms with E-state index in [0.29, 0.717) is 30.1 Å². The molecule has 0 aliphatic heterocycles. The fourth-order valence-corrected chi connectivity index (χ4v) is 4.03. The highest BCUT2D eigenvalue weighted by Crippen LogP contribution is 2.22. The number of nitrogens with zero attached hydrogens (tertiary/aromatic N) is 4. The molecule has 2 aromatic carbocycles. The Balaban J connectivity index is 1.59. The van der Waals surface area contributed by atoms with Gasteiger partial charge in [0.05, 0.1) is 17.5 Å². The Kier molecular flexibility index (Phi) is 5.67. The van der Waals surface area contributed by atoms with E-state index in [1.807, 2.05) is 40.8 Å². The van der Waals surface area contributed by atoms with Crippen LogP contribution in [-0.4, -0.2) is 31.5 Å². The molecule has 0 radical (unpaired) electrons. The van der Waals surface area contributed by atoms with Crippen molar-refractivity contribution in [3.8, 4) is 5.75 Å². The number of aromatic nitrogens is 4. The molecule has 2 heterocycles. The molecule has 0 bridgehead atoms. The molecule has 0 N–H and O–H groups in total. The molecule has 6 nitrogen and oxygen atoms in total. The molecule has 4 aromatic rings. The SMILES string of the molecule is C=CCn1c(=O)c2ccccc2n2c(SCCOc3cccc(CC)c3)nnc12. The van der Waals surface area contributed by atoms with E-state index in [4.69, 9.17) is 4.74 Å². The molecular weight excluding hydrogens is 384 g/mol. The molecule has 0 fully saturated rings. The smallest absolute Gasteiger partial charge is 0.263 e. The number of benzene rings is 2. The van der Waals surface area contributed by atoms with Crippen LogP contribution in [0.4, 0.5) is 0 Å². The van der Waals surface area contributed by atoms with Gasteiger partial charge in [0.1, 0.15) is 5.75 Å². The molecule has 0 saturated carbocycles. The zero-order valence-corrected chi connectivity index (χ0v) is 17.1. The topological polar surface area (TPSA) is 61.4 Å². The molecule has 0 aliphatic carbocycles. The van der Waals surface area contributed by atoms with Crippen molar-refractivity contribution in [2.75, 3.05) is 12.4 Å². The summed E-state index contributed by atoms with van der Waals surface area (Å²) >= 11 is 1.56. The van der Waals surface area contributed by atoms with Crippen LogP contribution in [0.1, 0.15) is 12.5 Å². The van der Waals surface area contributed by atoms with E-state index in [1.54, 1.807) is 22.4 Å². The van der Waals surface area contributed by atoms with Crippen molar-refractivity contribution in [3.05, 3.63) is 77.1 Å². The van der Waals surface area contributed by atoms with E-state index in [-0.39, 0.29) is 5.56 Å². The lowest BCUT2D eigenvalue weighted by molar-refractivity contribution is 0.343. The van der Waals surface area contributed by atoms with Gasteiger partial charge in [0.15, 0.2) is 5.16 Å². The van der Waals surface area contributed by atoms with E-state index in [1.165, 1.54) is 5.56 Å². The lowest BCUT2D eigenvalue weighted by Crippen LogP contribution is -2.22. The highest BCUT2D eigenvalue weighted by molar-refractivity contribution is 7.99. The van der Waals surface area contributed by atoms with E-state index in [2.05, 4.69) is 35.8 Å². The minimum Gasteiger partial charge on any atom is -0.493 e. The summed E-state index contributed by atoms with van der Waals surface area (Å²) in [5.74, 6) is 2.11. The number of rotatable bonds is 8. The number of hydrogen-bond donors (Lipinski definition) is 0. The maximum Gasteiger partial charge on any atom is 0.263 e. The van der Waals surface area contributed by atoms with E-state index in [9.17, 15) is 4.79 Å². The van der Waals surface area contributed by atoms with Gasteiger partial charge in [-0.3, -0.25) is 13.8 Å². The molecule has 2 aromatic heterocycles. The summed E-state index contributed by atoms with van der Waals surface area (Å²) in [7, 11) is 0. The van der Waals surface area contributed by atoms with Gasteiger partial charge in [-0.25, -0.2) is 0 Å². The van der Waals surface area contributed by atoms with Crippen LogP contribution < -0.4 is 10.3 Å². The lowest BCUT2D eigenvalue weighted by Gasteiger charge is -2.10. The van der Waals surface area contributed by atoms with Crippen LogP contribution in [0.3, 0.4) is 0 Å². The second-order valence-electron chi connectivity index (χ2n) is 6.54. The first kappa shape index (κ1) is 19.3. The molecule has 29 heavy (non-hydrogen) atoms. The van der Waals surface area contributed by atoms with Gasteiger partial charge in [0, 0.05) is 12.3 Å². The van der Waals surface area contributed by atoms with Crippen molar-refractivity contribution < 1.29 is 4.74 Å². The van der Waals surface area contributed by atoms with Gasteiger partial charge in [-0.1, -0.05) is 49.0 Å². The first-order chi connectivity index (χ1) is 14.2. The number of aryl methyl sites for hydroxylation is 1. The fourth-order valence-electron chi connectivity index (χ4n) is 3.27. The highest BCUT2D eigenvalue weighted by atomic mass is 32.2. The largest absolute Gasteiger partial charge is 0.493 e. The fraction of sp³-hybridized carbons (Fsp3) is 0.227. The van der Waals surface area contributed by atoms with Crippen LogP contribution in [0.2, 0.25) is 0 Å². The second kappa shape index (κ2) is 8.53. The summed E-state index contributed by atoms with van der Waals surface area (Å²) in [4.78, 5) is 12.8. The zero-order valence-electron chi connectivity index (χ0n) is 16.2. The van der Waals surface area contributed by atoms with Gasteiger partial charge < -0.3 is 4.74 Å². The van der Waals surface area contributed by atoms with Gasteiger partial charge in [0.2, 0.25) is 5.78 Å². The van der Waals surface area contributed by atoms with Crippen LogP contribution >= 0.6 is 11.8 Å². The van der Waals surface area contributed by atoms with Crippen LogP contribution in [-0.2, 0) is 13.0 Å². The number of thioether (sulfide) groups is 1. The molecule has 0 aliphatic rings. The van der Waals surface area contributed by atoms with Crippen LogP contribution in [0, 0.1) is 0 Å². The first-order valence-electron chi connectivity index (χ1n) is 9.55. The monoisotopic (exact) mass is 406 g/mol. The average Bonchev–Trinajstić information content (AvgIpc) is 3.18. The molecule has 0 atom stereocenters. The summed E-state index contributed by atoms with van der Waals surface area (Å²) in [6.45, 7) is 6.81.